The molecule has 0 aromatic heterocycles. The first-order valence-corrected chi connectivity index (χ1v) is 7.88. The summed E-state index contributed by atoms with van der Waals surface area (Å²) in [6.07, 6.45) is 1.59. The van der Waals surface area contributed by atoms with Gasteiger partial charge in [-0.15, -0.1) is 6.58 Å². The lowest BCUT2D eigenvalue weighted by atomic mass is 10.1. The number of nitrogens with one attached hydrogen (secondary N) is 2. The monoisotopic (exact) mass is 338 g/mol. The van der Waals surface area contributed by atoms with Crippen molar-refractivity contribution < 1.29 is 19.1 Å². The number of hydrogen-bond donors (Lipinski definition) is 2. The minimum atomic E-state index is -0.332. The maximum Gasteiger partial charge on any atom is 0.255 e. The van der Waals surface area contributed by atoms with Crippen LogP contribution in [0.5, 0.6) is 11.5 Å². The van der Waals surface area contributed by atoms with E-state index in [-0.39, 0.29) is 11.8 Å². The molecule has 0 radical (unpaired) electrons. The number of carbonyl (C=O) groups excluding carboxylic acids is 2. The van der Waals surface area contributed by atoms with E-state index in [9.17, 15) is 9.59 Å². The Balaban J connectivity index is 1.79. The van der Waals surface area contributed by atoms with Gasteiger partial charge in [0.2, 0.25) is 0 Å². The topological polar surface area (TPSA) is 76.7 Å². The molecule has 128 valence electrons. The van der Waals surface area contributed by atoms with Gasteiger partial charge in [-0.3, -0.25) is 9.59 Å². The summed E-state index contributed by atoms with van der Waals surface area (Å²) in [5.74, 6) is 0.543. The predicted octanol–water partition coefficient (Wildman–Crippen LogP) is 2.63. The summed E-state index contributed by atoms with van der Waals surface area (Å²) >= 11 is 0. The second kappa shape index (κ2) is 7.53. The van der Waals surface area contributed by atoms with Crippen molar-refractivity contribution in [3.63, 3.8) is 0 Å². The number of rotatable bonds is 5. The zero-order valence-corrected chi connectivity index (χ0v) is 13.6. The Morgan fingerprint density at radius 2 is 1.80 bits per heavy atom. The summed E-state index contributed by atoms with van der Waals surface area (Å²) in [6.45, 7) is 4.86. The molecule has 0 atom stereocenters. The third kappa shape index (κ3) is 3.80. The van der Waals surface area contributed by atoms with Gasteiger partial charge < -0.3 is 20.1 Å². The number of anilines is 1. The fourth-order valence-electron chi connectivity index (χ4n) is 2.43. The van der Waals surface area contributed by atoms with E-state index in [1.165, 1.54) is 0 Å². The molecule has 0 aliphatic carbocycles. The first kappa shape index (κ1) is 16.6. The summed E-state index contributed by atoms with van der Waals surface area (Å²) in [5, 5.41) is 5.47. The van der Waals surface area contributed by atoms with E-state index in [1.54, 1.807) is 48.5 Å². The minimum Gasteiger partial charge on any atom is -0.486 e. The van der Waals surface area contributed by atoms with Crippen LogP contribution in [0.3, 0.4) is 0 Å². The van der Waals surface area contributed by atoms with Crippen LogP contribution in [0, 0.1) is 0 Å². The number of amides is 2. The van der Waals surface area contributed by atoms with Gasteiger partial charge in [-0.2, -0.15) is 0 Å². The maximum atomic E-state index is 12.5. The summed E-state index contributed by atoms with van der Waals surface area (Å²) in [4.78, 5) is 24.7. The highest BCUT2D eigenvalue weighted by atomic mass is 16.6. The van der Waals surface area contributed by atoms with Gasteiger partial charge in [0.05, 0.1) is 11.3 Å². The lowest BCUT2D eigenvalue weighted by Crippen LogP contribution is -2.25. The summed E-state index contributed by atoms with van der Waals surface area (Å²) in [6, 6.07) is 11.8. The average molecular weight is 338 g/mol. The van der Waals surface area contributed by atoms with Crippen LogP contribution < -0.4 is 20.1 Å². The molecule has 2 aromatic rings. The fourth-order valence-corrected chi connectivity index (χ4v) is 2.43. The lowest BCUT2D eigenvalue weighted by Gasteiger charge is -2.18. The molecule has 2 aromatic carbocycles. The number of fused-ring (bicyclic) bond motifs is 1. The molecule has 2 N–H and O–H groups in total. The molecule has 6 heteroatoms. The number of para-hydroxylation sites is 1. The van der Waals surface area contributed by atoms with Crippen LogP contribution >= 0.6 is 0 Å². The van der Waals surface area contributed by atoms with Gasteiger partial charge in [-0.25, -0.2) is 0 Å². The molecule has 0 bridgehead atoms. The Bertz CT molecular complexity index is 817. The Hall–Kier alpha value is -3.28. The van der Waals surface area contributed by atoms with Crippen molar-refractivity contribution in [2.24, 2.45) is 0 Å². The normalized spacial score (nSPS) is 12.2. The fraction of sp³-hybridized carbons (Fsp3) is 0.158. The standard InChI is InChI=1S/C19H18N2O4/c1-2-9-20-19(23)14-5-3-4-6-15(14)21-18(22)13-7-8-16-17(12-13)25-11-10-24-16/h2-8,12H,1,9-11H2,(H,20,23)(H,21,22). The van der Waals surface area contributed by atoms with Crippen molar-refractivity contribution in [2.45, 2.75) is 0 Å². The molecule has 0 saturated heterocycles. The molecule has 2 amide bonds. The van der Waals surface area contributed by atoms with Gasteiger partial charge in [0.1, 0.15) is 13.2 Å². The molecule has 0 spiro atoms. The van der Waals surface area contributed by atoms with Gasteiger partial charge in [-0.05, 0) is 30.3 Å². The lowest BCUT2D eigenvalue weighted by molar-refractivity contribution is 0.0959. The first-order valence-electron chi connectivity index (χ1n) is 7.88. The highest BCUT2D eigenvalue weighted by Gasteiger charge is 2.17. The van der Waals surface area contributed by atoms with E-state index in [0.29, 0.717) is 48.1 Å². The largest absolute Gasteiger partial charge is 0.486 e. The molecule has 25 heavy (non-hydrogen) atoms. The number of carbonyl (C=O) groups is 2. The van der Waals surface area contributed by atoms with Gasteiger partial charge in [0, 0.05) is 12.1 Å². The van der Waals surface area contributed by atoms with Crippen molar-refractivity contribution >= 4 is 17.5 Å². The summed E-state index contributed by atoms with van der Waals surface area (Å²) in [7, 11) is 0. The molecule has 0 unspecified atom stereocenters. The van der Waals surface area contributed by atoms with E-state index in [2.05, 4.69) is 17.2 Å². The van der Waals surface area contributed by atoms with Crippen molar-refractivity contribution in [1.29, 1.82) is 0 Å². The summed E-state index contributed by atoms with van der Waals surface area (Å²) < 4.78 is 10.9. The van der Waals surface area contributed by atoms with Gasteiger partial charge in [0.25, 0.3) is 11.8 Å². The highest BCUT2D eigenvalue weighted by Crippen LogP contribution is 2.31. The van der Waals surface area contributed by atoms with Crippen LogP contribution in [-0.2, 0) is 0 Å². The maximum absolute atomic E-state index is 12.5. The third-order valence-corrected chi connectivity index (χ3v) is 3.63. The minimum absolute atomic E-state index is 0.280. The molecule has 0 saturated carbocycles. The predicted molar refractivity (Wildman–Crippen MR) is 94.4 cm³/mol. The summed E-state index contributed by atoms with van der Waals surface area (Å²) in [5.41, 5.74) is 1.24. The molecule has 1 heterocycles. The second-order valence-corrected chi connectivity index (χ2v) is 5.36. The Morgan fingerprint density at radius 3 is 2.60 bits per heavy atom. The van der Waals surface area contributed by atoms with Crippen LogP contribution in [0.2, 0.25) is 0 Å². The zero-order valence-electron chi connectivity index (χ0n) is 13.6. The van der Waals surface area contributed by atoms with Crippen LogP contribution in [0.4, 0.5) is 5.69 Å². The SMILES string of the molecule is C=CCNC(=O)c1ccccc1NC(=O)c1ccc2c(c1)OCCO2. The van der Waals surface area contributed by atoms with E-state index >= 15 is 0 Å². The molecular weight excluding hydrogens is 320 g/mol. The molecular formula is C19H18N2O4. The molecule has 1 aliphatic rings. The number of benzene rings is 2. The molecule has 1 aliphatic heterocycles. The first-order chi connectivity index (χ1) is 12.2. The van der Waals surface area contributed by atoms with Crippen molar-refractivity contribution in [3.05, 3.63) is 66.2 Å². The average Bonchev–Trinajstić information content (AvgIpc) is 2.66. The van der Waals surface area contributed by atoms with Crippen LogP contribution in [-0.4, -0.2) is 31.6 Å². The van der Waals surface area contributed by atoms with Crippen molar-refractivity contribution in [2.75, 3.05) is 25.1 Å². The number of hydrogen-bond acceptors (Lipinski definition) is 4. The Morgan fingerprint density at radius 1 is 1.04 bits per heavy atom. The van der Waals surface area contributed by atoms with Crippen molar-refractivity contribution in [3.8, 4) is 11.5 Å². The molecule has 3 rings (SSSR count). The van der Waals surface area contributed by atoms with Gasteiger partial charge >= 0.3 is 0 Å². The van der Waals surface area contributed by atoms with Gasteiger partial charge in [0.15, 0.2) is 11.5 Å². The van der Waals surface area contributed by atoms with E-state index in [0.717, 1.165) is 0 Å². The number of ether oxygens (including phenoxy) is 2. The van der Waals surface area contributed by atoms with Crippen LogP contribution in [0.25, 0.3) is 0 Å². The third-order valence-electron chi connectivity index (χ3n) is 3.63. The Labute approximate surface area is 145 Å². The molecule has 0 fully saturated rings. The van der Waals surface area contributed by atoms with Crippen molar-refractivity contribution in [1.82, 2.24) is 5.32 Å². The Kier molecular flexibility index (Phi) is 4.99. The zero-order chi connectivity index (χ0) is 17.6. The van der Waals surface area contributed by atoms with E-state index in [4.69, 9.17) is 9.47 Å². The smallest absolute Gasteiger partial charge is 0.255 e. The van der Waals surface area contributed by atoms with Gasteiger partial charge in [-0.1, -0.05) is 18.2 Å². The molecule has 6 nitrogen and oxygen atoms in total. The highest BCUT2D eigenvalue weighted by molar-refractivity contribution is 6.09. The quantitative estimate of drug-likeness (QED) is 0.822. The second-order valence-electron chi connectivity index (χ2n) is 5.36. The van der Waals surface area contributed by atoms with Crippen LogP contribution in [0.1, 0.15) is 20.7 Å². The van der Waals surface area contributed by atoms with Crippen LogP contribution in [0.15, 0.2) is 55.1 Å². The van der Waals surface area contributed by atoms with E-state index in [1.807, 2.05) is 0 Å². The van der Waals surface area contributed by atoms with E-state index < -0.39 is 0 Å².